The minimum atomic E-state index is -4.91. The molecule has 262 valence electrons. The zero-order valence-corrected chi connectivity index (χ0v) is 25.4. The molecule has 6 fully saturated rings. The Balaban J connectivity index is 1.33. The zero-order chi connectivity index (χ0) is 33.3. The molecule has 15 atom stereocenters. The van der Waals surface area contributed by atoms with Gasteiger partial charge in [0.25, 0.3) is 11.7 Å². The lowest BCUT2D eigenvalue weighted by atomic mass is 9.51. The number of fused-ring (bicyclic) bond motifs is 3. The topological polar surface area (TPSA) is 223 Å². The van der Waals surface area contributed by atoms with Gasteiger partial charge in [0.15, 0.2) is 0 Å². The lowest BCUT2D eigenvalue weighted by molar-refractivity contribution is -0.401. The number of carbonyl (C=O) groups is 2. The van der Waals surface area contributed by atoms with Crippen LogP contribution in [0.1, 0.15) is 25.7 Å². The summed E-state index contributed by atoms with van der Waals surface area (Å²) in [6.45, 7) is -1.26. The van der Waals surface area contributed by atoms with Crippen molar-refractivity contribution in [3.05, 3.63) is 0 Å². The average molecular weight is 668 g/mol. The largest absolute Gasteiger partial charge is 0.465 e. The van der Waals surface area contributed by atoms with Crippen molar-refractivity contribution in [2.24, 2.45) is 35.5 Å². The number of halogens is 2. The van der Waals surface area contributed by atoms with E-state index in [4.69, 9.17) is 28.4 Å². The van der Waals surface area contributed by atoms with E-state index in [9.17, 15) is 40.2 Å². The standard InChI is InChI=1S/C29H43F2NO14/c1-41-16-3-10(4-17(42-2)22(16)34)19-11-5-14-15(45-9-44-14)6-12(11)21(13-8-43-26(38)20(13)19)32-27(39)28(30,31)29(40)25(37)24(36)23(35)18(7-33)46-29/h10-25,33-37,40H,3-9H2,1-2H3,(H,32,39)/t10?,11?,12?,13-,14?,15?,16?,17?,18+,19+,20-,21+,22?,23-,24-,25+,29+/m0/s1. The van der Waals surface area contributed by atoms with Gasteiger partial charge < -0.3 is 64.4 Å². The SMILES string of the molecule is COC1CC([C@@H]2C3CC4OCOC4CC3[C@@H](NC(=O)C(F)(F)[C@]3(O)O[C@H](CO)[C@H](O)[C@H](O)[C@H]3O)[C@H]3COC(=O)[C@H]23)CC(OC)C1O. The molecule has 0 aromatic rings. The van der Waals surface area contributed by atoms with Gasteiger partial charge in [-0.3, -0.25) is 9.59 Å². The van der Waals surface area contributed by atoms with Gasteiger partial charge in [-0.05, 0) is 49.4 Å². The summed E-state index contributed by atoms with van der Waals surface area (Å²) in [6, 6.07) is -1.08. The van der Waals surface area contributed by atoms with E-state index < -0.39 is 103 Å². The van der Waals surface area contributed by atoms with E-state index in [0.717, 1.165) is 0 Å². The highest BCUT2D eigenvalue weighted by Gasteiger charge is 2.70. The van der Waals surface area contributed by atoms with Gasteiger partial charge in [0.05, 0.1) is 43.5 Å². The van der Waals surface area contributed by atoms with Crippen molar-refractivity contribution in [3.8, 4) is 0 Å². The lowest BCUT2D eigenvalue weighted by Crippen LogP contribution is -2.74. The van der Waals surface area contributed by atoms with Crippen LogP contribution in [0.2, 0.25) is 0 Å². The Morgan fingerprint density at radius 3 is 2.15 bits per heavy atom. The maximum absolute atomic E-state index is 15.9. The van der Waals surface area contributed by atoms with Crippen LogP contribution < -0.4 is 5.32 Å². The number of esters is 1. The van der Waals surface area contributed by atoms with Gasteiger partial charge in [0.1, 0.15) is 37.3 Å². The minimum absolute atomic E-state index is 0.0268. The second-order valence-electron chi connectivity index (χ2n) is 13.5. The molecule has 6 aliphatic rings. The number of aliphatic hydroxyl groups excluding tert-OH is 5. The number of alkyl halides is 2. The van der Waals surface area contributed by atoms with Gasteiger partial charge >= 0.3 is 11.9 Å². The van der Waals surface area contributed by atoms with Crippen molar-refractivity contribution in [1.29, 1.82) is 0 Å². The summed E-state index contributed by atoms with van der Waals surface area (Å²) in [6.07, 6.45) is -10.5. The molecule has 0 aromatic carbocycles. The smallest absolute Gasteiger partial charge is 0.379 e. The third kappa shape index (κ3) is 5.26. The summed E-state index contributed by atoms with van der Waals surface area (Å²) in [5.74, 6) is -14.6. The van der Waals surface area contributed by atoms with Crippen LogP contribution in [0, 0.1) is 35.5 Å². The van der Waals surface area contributed by atoms with E-state index in [1.54, 1.807) is 0 Å². The summed E-state index contributed by atoms with van der Waals surface area (Å²) in [4.78, 5) is 26.9. The highest BCUT2D eigenvalue weighted by molar-refractivity contribution is 5.85. The van der Waals surface area contributed by atoms with Crippen molar-refractivity contribution >= 4 is 11.9 Å². The molecular formula is C29H43F2NO14. The van der Waals surface area contributed by atoms with Crippen LogP contribution >= 0.6 is 0 Å². The summed E-state index contributed by atoms with van der Waals surface area (Å²) in [7, 11) is 2.95. The van der Waals surface area contributed by atoms with Gasteiger partial charge in [0.2, 0.25) is 0 Å². The van der Waals surface area contributed by atoms with E-state index in [2.05, 4.69) is 5.32 Å². The number of nitrogens with one attached hydrogen (secondary N) is 1. The number of carbonyl (C=O) groups excluding carboxylic acids is 2. The van der Waals surface area contributed by atoms with Gasteiger partial charge in [-0.1, -0.05) is 0 Å². The molecule has 6 unspecified atom stereocenters. The van der Waals surface area contributed by atoms with Crippen LogP contribution in [0.5, 0.6) is 0 Å². The fourth-order valence-electron chi connectivity index (χ4n) is 9.19. The van der Waals surface area contributed by atoms with Crippen LogP contribution in [0.25, 0.3) is 0 Å². The number of aliphatic hydroxyl groups is 6. The molecule has 0 bridgehead atoms. The first kappa shape index (κ1) is 34.2. The fraction of sp³-hybridized carbons (Fsp3) is 0.931. The third-order valence-electron chi connectivity index (χ3n) is 11.5. The lowest BCUT2D eigenvalue weighted by Gasteiger charge is -2.55. The first-order valence-electron chi connectivity index (χ1n) is 15.7. The second-order valence-corrected chi connectivity index (χ2v) is 13.5. The van der Waals surface area contributed by atoms with E-state index >= 15 is 8.78 Å². The Hall–Kier alpha value is -1.64. The normalized spacial score (nSPS) is 50.7. The zero-order valence-electron chi connectivity index (χ0n) is 25.4. The third-order valence-corrected chi connectivity index (χ3v) is 11.5. The number of ether oxygens (including phenoxy) is 6. The van der Waals surface area contributed by atoms with Crippen molar-refractivity contribution in [3.63, 3.8) is 0 Å². The van der Waals surface area contributed by atoms with Crippen LogP contribution in [-0.2, 0) is 38.0 Å². The number of hydrogen-bond acceptors (Lipinski definition) is 14. The Kier molecular flexibility index (Phi) is 9.43. The van der Waals surface area contributed by atoms with Gasteiger partial charge in [-0.2, -0.15) is 8.78 Å². The molecule has 3 saturated carbocycles. The van der Waals surface area contributed by atoms with Crippen molar-refractivity contribution in [2.75, 3.05) is 34.2 Å². The molecule has 46 heavy (non-hydrogen) atoms. The summed E-state index contributed by atoms with van der Waals surface area (Å²) in [5.41, 5.74) is 0. The van der Waals surface area contributed by atoms with Crippen molar-refractivity contribution in [2.45, 2.75) is 98.4 Å². The monoisotopic (exact) mass is 667 g/mol. The molecule has 3 heterocycles. The Morgan fingerprint density at radius 2 is 1.57 bits per heavy atom. The molecule has 15 nitrogen and oxygen atoms in total. The quantitative estimate of drug-likeness (QED) is 0.137. The van der Waals surface area contributed by atoms with E-state index in [0.29, 0.717) is 19.3 Å². The first-order valence-corrected chi connectivity index (χ1v) is 15.7. The maximum Gasteiger partial charge on any atom is 0.379 e. The number of cyclic esters (lactones) is 1. The van der Waals surface area contributed by atoms with Crippen molar-refractivity contribution < 1.29 is 77.4 Å². The number of amides is 1. The van der Waals surface area contributed by atoms with Crippen LogP contribution in [0.4, 0.5) is 8.78 Å². The average Bonchev–Trinajstić information content (AvgIpc) is 3.67. The predicted molar refractivity (Wildman–Crippen MR) is 144 cm³/mol. The van der Waals surface area contributed by atoms with Crippen LogP contribution in [0.15, 0.2) is 0 Å². The molecule has 6 rings (SSSR count). The highest BCUT2D eigenvalue weighted by atomic mass is 19.3. The Labute approximate surface area is 263 Å². The van der Waals surface area contributed by atoms with E-state index in [-0.39, 0.29) is 43.7 Å². The maximum atomic E-state index is 15.9. The Bertz CT molecular complexity index is 1140. The summed E-state index contributed by atoms with van der Waals surface area (Å²) in [5, 5.41) is 64.0. The van der Waals surface area contributed by atoms with Crippen molar-refractivity contribution in [1.82, 2.24) is 5.32 Å². The van der Waals surface area contributed by atoms with Gasteiger partial charge in [0, 0.05) is 26.2 Å². The fourth-order valence-corrected chi connectivity index (χ4v) is 9.19. The summed E-state index contributed by atoms with van der Waals surface area (Å²) < 4.78 is 64.9. The first-order chi connectivity index (χ1) is 21.8. The molecular weight excluding hydrogens is 624 g/mol. The number of hydrogen-bond donors (Lipinski definition) is 7. The molecule has 0 spiro atoms. The molecule has 3 aliphatic carbocycles. The predicted octanol–water partition coefficient (Wildman–Crippen LogP) is -2.74. The van der Waals surface area contributed by atoms with Gasteiger partial charge in [-0.15, -0.1) is 0 Å². The number of rotatable bonds is 7. The minimum Gasteiger partial charge on any atom is -0.465 e. The van der Waals surface area contributed by atoms with E-state index in [1.165, 1.54) is 14.2 Å². The van der Waals surface area contributed by atoms with E-state index in [1.807, 2.05) is 0 Å². The molecule has 3 aliphatic heterocycles. The molecule has 0 radical (unpaired) electrons. The molecule has 17 heteroatoms. The highest BCUT2D eigenvalue weighted by Crippen LogP contribution is 2.57. The molecule has 7 N–H and O–H groups in total. The van der Waals surface area contributed by atoms with Crippen LogP contribution in [-0.4, -0.2) is 149 Å². The molecule has 3 saturated heterocycles. The molecule has 0 aromatic heterocycles. The second kappa shape index (κ2) is 12.7. The summed E-state index contributed by atoms with van der Waals surface area (Å²) >= 11 is 0. The van der Waals surface area contributed by atoms with Crippen LogP contribution in [0.3, 0.4) is 0 Å². The van der Waals surface area contributed by atoms with Gasteiger partial charge in [-0.25, -0.2) is 0 Å². The molecule has 1 amide bonds. The Morgan fingerprint density at radius 1 is 0.957 bits per heavy atom. The number of methoxy groups -OCH3 is 2.